The van der Waals surface area contributed by atoms with Gasteiger partial charge in [0, 0.05) is 53.5 Å². The molecule has 0 amide bonds. The van der Waals surface area contributed by atoms with Crippen molar-refractivity contribution in [1.29, 1.82) is 0 Å². The quantitative estimate of drug-likeness (QED) is 0.189. The molecule has 6 rings (SSSR count). The molecule has 8 nitrogen and oxygen atoms in total. The van der Waals surface area contributed by atoms with E-state index < -0.39 is 28.9 Å². The minimum Gasteiger partial charge on any atom is -0.481 e. The molecule has 58 heavy (non-hydrogen) atoms. The molecule has 9 atom stereocenters. The Morgan fingerprint density at radius 3 is 2.24 bits per heavy atom. The van der Waals surface area contributed by atoms with E-state index >= 15 is 0 Å². The van der Waals surface area contributed by atoms with E-state index in [1.54, 1.807) is 19.9 Å². The van der Waals surface area contributed by atoms with Gasteiger partial charge in [-0.3, -0.25) is 19.3 Å². The highest BCUT2D eigenvalue weighted by Gasteiger charge is 2.71. The van der Waals surface area contributed by atoms with Gasteiger partial charge in [0.05, 0.1) is 17.9 Å². The average Bonchev–Trinajstić information content (AvgIpc) is 3.43. The van der Waals surface area contributed by atoms with Crippen LogP contribution in [-0.4, -0.2) is 83.7 Å². The number of benzene rings is 1. The zero-order valence-corrected chi connectivity index (χ0v) is 38.8. The highest BCUT2D eigenvalue weighted by Crippen LogP contribution is 2.77. The summed E-state index contributed by atoms with van der Waals surface area (Å²) >= 11 is 13.0. The fraction of sp³-hybridized carbons (Fsp3) is 0.771. The molecule has 1 aromatic carbocycles. The summed E-state index contributed by atoms with van der Waals surface area (Å²) in [4.78, 5) is 43.8. The second-order valence-corrected chi connectivity index (χ2v) is 22.7. The number of aliphatic hydroxyl groups is 1. The van der Waals surface area contributed by atoms with E-state index in [1.807, 2.05) is 12.1 Å². The Labute approximate surface area is 358 Å². The van der Waals surface area contributed by atoms with E-state index in [2.05, 4.69) is 72.4 Å². The van der Waals surface area contributed by atoms with Crippen LogP contribution in [0.15, 0.2) is 29.3 Å². The number of carboxylic acid groups (broad SMARTS) is 1. The number of aliphatic hydroxyl groups excluding tert-OH is 1. The molecule has 4 fully saturated rings. The Bertz CT molecular complexity index is 1810. The molecule has 0 spiro atoms. The van der Waals surface area contributed by atoms with Gasteiger partial charge in [0.15, 0.2) is 5.78 Å². The SMILES string of the molecule is CC(C)C1=C2[C@H]3CCC4[C@@]5(C)CC[C@H](OC(=O)CC(C)(C)C(=O)O)C(C)(C)C5CC[C@@]4(C)[C@]3(C)CC[C@@]2([C@H](O)CN(CCN(C)C)Cc2ccc(Cl)cc2Cl)CC1=O. The highest BCUT2D eigenvalue weighted by atomic mass is 35.5. The van der Waals surface area contributed by atoms with Crippen LogP contribution in [0.25, 0.3) is 0 Å². The summed E-state index contributed by atoms with van der Waals surface area (Å²) in [6.45, 7) is 22.3. The topological polar surface area (TPSA) is 107 Å². The molecule has 5 aliphatic carbocycles. The summed E-state index contributed by atoms with van der Waals surface area (Å²) in [5, 5.41) is 23.6. The summed E-state index contributed by atoms with van der Waals surface area (Å²) in [7, 11) is 4.13. The third-order valence-electron chi connectivity index (χ3n) is 17.2. The van der Waals surface area contributed by atoms with Crippen LogP contribution in [-0.2, 0) is 25.7 Å². The first kappa shape index (κ1) is 45.6. The maximum atomic E-state index is 14.3. The molecule has 0 aliphatic heterocycles. The molecule has 0 radical (unpaired) electrons. The molecule has 1 aromatic rings. The number of halogens is 2. The Balaban J connectivity index is 1.29. The third kappa shape index (κ3) is 7.64. The zero-order valence-electron chi connectivity index (χ0n) is 37.3. The lowest BCUT2D eigenvalue weighted by Gasteiger charge is -2.72. The summed E-state index contributed by atoms with van der Waals surface area (Å²) < 4.78 is 6.19. The summed E-state index contributed by atoms with van der Waals surface area (Å²) in [6.07, 6.45) is 6.92. The molecule has 0 aromatic heterocycles. The van der Waals surface area contributed by atoms with Crippen LogP contribution in [0.5, 0.6) is 0 Å². The number of carbonyl (C=O) groups is 3. The van der Waals surface area contributed by atoms with Crippen LogP contribution in [0.2, 0.25) is 10.0 Å². The monoisotopic (exact) mass is 842 g/mol. The van der Waals surface area contributed by atoms with Crippen molar-refractivity contribution in [3.63, 3.8) is 0 Å². The number of allylic oxidation sites excluding steroid dienone is 1. The number of carboxylic acids is 1. The van der Waals surface area contributed by atoms with Crippen molar-refractivity contribution in [2.45, 2.75) is 145 Å². The largest absolute Gasteiger partial charge is 0.481 e. The van der Waals surface area contributed by atoms with E-state index in [0.717, 1.165) is 75.6 Å². The second kappa shape index (κ2) is 16.1. The van der Waals surface area contributed by atoms with Crippen LogP contribution in [0.4, 0.5) is 0 Å². The van der Waals surface area contributed by atoms with Gasteiger partial charge in [-0.25, -0.2) is 0 Å². The lowest BCUT2D eigenvalue weighted by Crippen LogP contribution is -2.66. The molecule has 0 bridgehead atoms. The normalized spacial score (nSPS) is 35.1. The second-order valence-electron chi connectivity index (χ2n) is 21.8. The number of aliphatic carboxylic acids is 1. The number of carbonyl (C=O) groups excluding carboxylic acids is 2. The lowest BCUT2D eigenvalue weighted by molar-refractivity contribution is -0.235. The number of hydrogen-bond donors (Lipinski definition) is 2. The van der Waals surface area contributed by atoms with Gasteiger partial charge in [0.2, 0.25) is 0 Å². The van der Waals surface area contributed by atoms with E-state index in [4.69, 9.17) is 27.9 Å². The minimum absolute atomic E-state index is 0.0210. The fourth-order valence-electron chi connectivity index (χ4n) is 13.8. The van der Waals surface area contributed by atoms with Crippen molar-refractivity contribution < 1.29 is 29.3 Å². The molecule has 4 saturated carbocycles. The number of nitrogens with zero attached hydrogens (tertiary/aromatic N) is 2. The predicted molar refractivity (Wildman–Crippen MR) is 232 cm³/mol. The van der Waals surface area contributed by atoms with Crippen LogP contribution in [0.3, 0.4) is 0 Å². The van der Waals surface area contributed by atoms with E-state index in [0.29, 0.717) is 41.4 Å². The number of ketones is 1. The number of Topliss-reactive ketones (excluding diaryl/α,β-unsaturated/α-hetero) is 1. The summed E-state index contributed by atoms with van der Waals surface area (Å²) in [5.74, 6) is -0.0958. The first-order chi connectivity index (χ1) is 26.8. The van der Waals surface area contributed by atoms with Crippen molar-refractivity contribution in [3.8, 4) is 0 Å². The highest BCUT2D eigenvalue weighted by molar-refractivity contribution is 6.35. The molecule has 0 heterocycles. The van der Waals surface area contributed by atoms with Crippen LogP contribution >= 0.6 is 23.2 Å². The molecule has 10 heteroatoms. The van der Waals surface area contributed by atoms with Gasteiger partial charge in [-0.15, -0.1) is 0 Å². The third-order valence-corrected chi connectivity index (χ3v) is 17.8. The molecule has 324 valence electrons. The number of hydrogen-bond acceptors (Lipinski definition) is 7. The van der Waals surface area contributed by atoms with Crippen LogP contribution < -0.4 is 0 Å². The fourth-order valence-corrected chi connectivity index (χ4v) is 14.3. The molecule has 2 N–H and O–H groups in total. The maximum absolute atomic E-state index is 14.3. The van der Waals surface area contributed by atoms with Crippen LogP contribution in [0, 0.1) is 56.2 Å². The Morgan fingerprint density at radius 2 is 1.62 bits per heavy atom. The van der Waals surface area contributed by atoms with Gasteiger partial charge >= 0.3 is 11.9 Å². The van der Waals surface area contributed by atoms with Gasteiger partial charge in [-0.2, -0.15) is 0 Å². The molecule has 2 unspecified atom stereocenters. The first-order valence-electron chi connectivity index (χ1n) is 22.0. The Morgan fingerprint density at radius 1 is 0.931 bits per heavy atom. The van der Waals surface area contributed by atoms with E-state index in [-0.39, 0.29) is 51.8 Å². The standard InChI is InChI=1S/C48H72Cl2N2O6/c1-29(2)40-34(53)25-48(37(54)28-52(23-22-51(10)11)27-30-12-13-31(49)24-33(30)50)21-20-46(8)32(41(40)48)14-15-36-45(7)18-17-38(58-39(55)26-43(3,4)42(56)57)44(5,6)35(45)16-19-47(36,46)9/h12-13,24,29,32,35-38,54H,14-23,25-28H2,1-11H3,(H,56,57)/t32-,35?,36?,37-,38+,45+,46-,47-,48+/m1/s1. The molecular formula is C48H72Cl2N2O6. The van der Waals surface area contributed by atoms with Crippen molar-refractivity contribution in [2.75, 3.05) is 33.7 Å². The van der Waals surface area contributed by atoms with Gasteiger partial charge in [0.1, 0.15) is 6.10 Å². The van der Waals surface area contributed by atoms with Crippen molar-refractivity contribution in [1.82, 2.24) is 9.80 Å². The first-order valence-corrected chi connectivity index (χ1v) is 22.8. The number of rotatable bonds is 13. The Kier molecular flexibility index (Phi) is 12.6. The van der Waals surface area contributed by atoms with Crippen LogP contribution in [0.1, 0.15) is 132 Å². The van der Waals surface area contributed by atoms with Gasteiger partial charge in [-0.05, 0) is 142 Å². The summed E-state index contributed by atoms with van der Waals surface area (Å²) in [5.41, 5.74) is 1.20. The van der Waals surface area contributed by atoms with Gasteiger partial charge in [0.25, 0.3) is 0 Å². The predicted octanol–water partition coefficient (Wildman–Crippen LogP) is 10.1. The minimum atomic E-state index is -1.18. The van der Waals surface area contributed by atoms with E-state index in [9.17, 15) is 24.6 Å². The number of fused-ring (bicyclic) bond motifs is 7. The molecular weight excluding hydrogens is 771 g/mol. The van der Waals surface area contributed by atoms with E-state index in [1.165, 1.54) is 5.57 Å². The molecule has 0 saturated heterocycles. The molecule has 5 aliphatic rings. The van der Waals surface area contributed by atoms with Crippen molar-refractivity contribution >= 4 is 40.9 Å². The van der Waals surface area contributed by atoms with Crippen molar-refractivity contribution in [2.24, 2.45) is 56.2 Å². The van der Waals surface area contributed by atoms with Gasteiger partial charge < -0.3 is 19.8 Å². The number of ether oxygens (including phenoxy) is 1. The maximum Gasteiger partial charge on any atom is 0.309 e. The smallest absolute Gasteiger partial charge is 0.309 e. The zero-order chi connectivity index (χ0) is 43.0. The Hall–Kier alpha value is -1.97. The van der Waals surface area contributed by atoms with Crippen molar-refractivity contribution in [3.05, 3.63) is 45.0 Å². The number of likely N-dealkylation sites (N-methyl/N-ethyl adjacent to an activating group) is 1. The average molecular weight is 844 g/mol. The summed E-state index contributed by atoms with van der Waals surface area (Å²) in [6, 6.07) is 5.62. The number of esters is 1. The lowest BCUT2D eigenvalue weighted by atomic mass is 9.33. The van der Waals surface area contributed by atoms with Gasteiger partial charge in [-0.1, -0.05) is 83.3 Å².